The van der Waals surface area contributed by atoms with Crippen molar-refractivity contribution in [3.63, 3.8) is 0 Å². The maximum Gasteiger partial charge on any atom is 0.262 e. The first-order chi connectivity index (χ1) is 19.1. The molecular weight excluding hydrogens is 530 g/mol. The van der Waals surface area contributed by atoms with Crippen molar-refractivity contribution in [3.8, 4) is 11.5 Å². The van der Waals surface area contributed by atoms with Gasteiger partial charge in [0.15, 0.2) is 5.75 Å². The SMILES string of the molecule is COc1ccc(S(=O)(=O)Nc2cccc3c2O[C@@H](CN(C)Cc2ccccc2)[C@@H](C)CN([C@H](C)CO)C3=O)cc1. The van der Waals surface area contributed by atoms with Crippen LogP contribution >= 0.6 is 0 Å². The molecule has 1 aliphatic heterocycles. The molecule has 0 radical (unpaired) electrons. The van der Waals surface area contributed by atoms with E-state index in [0.717, 1.165) is 5.56 Å². The van der Waals surface area contributed by atoms with Gasteiger partial charge in [0.1, 0.15) is 11.9 Å². The zero-order valence-corrected chi connectivity index (χ0v) is 24.1. The quantitative estimate of drug-likeness (QED) is 0.383. The zero-order chi connectivity index (χ0) is 28.9. The number of carbonyl (C=O) groups excluding carboxylic acids is 1. The summed E-state index contributed by atoms with van der Waals surface area (Å²) in [7, 11) is -0.493. The molecule has 2 N–H and O–H groups in total. The van der Waals surface area contributed by atoms with E-state index in [1.54, 1.807) is 42.2 Å². The molecule has 0 saturated heterocycles. The molecule has 0 aliphatic carbocycles. The van der Waals surface area contributed by atoms with Gasteiger partial charge in [-0.3, -0.25) is 14.4 Å². The number of nitrogens with zero attached hydrogens (tertiary/aromatic N) is 2. The fraction of sp³-hybridized carbons (Fsp3) is 0.367. The molecule has 0 aromatic heterocycles. The van der Waals surface area contributed by atoms with E-state index >= 15 is 0 Å². The lowest BCUT2D eigenvalue weighted by atomic mass is 9.99. The van der Waals surface area contributed by atoms with Crippen molar-refractivity contribution in [2.45, 2.75) is 37.4 Å². The zero-order valence-electron chi connectivity index (χ0n) is 23.3. The van der Waals surface area contributed by atoms with Crippen molar-refractivity contribution >= 4 is 21.6 Å². The van der Waals surface area contributed by atoms with Crippen LogP contribution < -0.4 is 14.2 Å². The predicted molar refractivity (Wildman–Crippen MR) is 154 cm³/mol. The van der Waals surface area contributed by atoms with Gasteiger partial charge in [0.2, 0.25) is 0 Å². The number of para-hydroxylation sites is 1. The fourth-order valence-corrected chi connectivity index (χ4v) is 5.83. The van der Waals surface area contributed by atoms with E-state index in [4.69, 9.17) is 9.47 Å². The monoisotopic (exact) mass is 567 g/mol. The molecule has 0 fully saturated rings. The number of aliphatic hydroxyl groups is 1. The number of sulfonamides is 1. The highest BCUT2D eigenvalue weighted by molar-refractivity contribution is 7.92. The molecule has 0 spiro atoms. The molecule has 0 saturated carbocycles. The number of ether oxygens (including phenoxy) is 2. The maximum atomic E-state index is 13.7. The summed E-state index contributed by atoms with van der Waals surface area (Å²) in [4.78, 5) is 17.5. The number of amides is 1. The van der Waals surface area contributed by atoms with Gasteiger partial charge in [-0.25, -0.2) is 8.42 Å². The van der Waals surface area contributed by atoms with E-state index in [1.807, 2.05) is 32.2 Å². The Morgan fingerprint density at radius 3 is 2.45 bits per heavy atom. The first-order valence-corrected chi connectivity index (χ1v) is 14.7. The second-order valence-electron chi connectivity index (χ2n) is 10.3. The van der Waals surface area contributed by atoms with Crippen LogP contribution in [-0.2, 0) is 16.6 Å². The van der Waals surface area contributed by atoms with Gasteiger partial charge >= 0.3 is 0 Å². The minimum absolute atomic E-state index is 0.0473. The Bertz CT molecular complexity index is 1400. The molecule has 1 aliphatic rings. The van der Waals surface area contributed by atoms with Gasteiger partial charge in [0.25, 0.3) is 15.9 Å². The van der Waals surface area contributed by atoms with E-state index in [1.165, 1.54) is 19.2 Å². The number of hydrogen-bond donors (Lipinski definition) is 2. The van der Waals surface area contributed by atoms with E-state index in [2.05, 4.69) is 21.8 Å². The number of hydrogen-bond acceptors (Lipinski definition) is 7. The van der Waals surface area contributed by atoms with Crippen LogP contribution in [0.4, 0.5) is 5.69 Å². The first kappa shape index (κ1) is 29.4. The van der Waals surface area contributed by atoms with Crippen LogP contribution in [0.2, 0.25) is 0 Å². The van der Waals surface area contributed by atoms with Crippen molar-refractivity contribution in [2.24, 2.45) is 5.92 Å². The molecular formula is C30H37N3O6S. The second kappa shape index (κ2) is 12.7. The molecule has 0 unspecified atom stereocenters. The van der Waals surface area contributed by atoms with Crippen LogP contribution in [0.3, 0.4) is 0 Å². The second-order valence-corrected chi connectivity index (χ2v) is 12.0. The Morgan fingerprint density at radius 1 is 1.10 bits per heavy atom. The van der Waals surface area contributed by atoms with Crippen LogP contribution in [-0.4, -0.2) is 75.2 Å². The summed E-state index contributed by atoms with van der Waals surface area (Å²) in [5, 5.41) is 9.91. The number of carbonyl (C=O) groups is 1. The third kappa shape index (κ3) is 6.75. The largest absolute Gasteiger partial charge is 0.497 e. The normalized spacial score (nSPS) is 18.4. The molecule has 3 aromatic carbocycles. The van der Waals surface area contributed by atoms with Crippen LogP contribution in [0.25, 0.3) is 0 Å². The minimum Gasteiger partial charge on any atom is -0.497 e. The maximum absolute atomic E-state index is 13.7. The lowest BCUT2D eigenvalue weighted by molar-refractivity contribution is 0.0344. The minimum atomic E-state index is -4.00. The van der Waals surface area contributed by atoms with Gasteiger partial charge in [-0.05, 0) is 55.9 Å². The molecule has 0 bridgehead atoms. The standard InChI is InChI=1S/C30H37N3O6S/c1-21-17-33(22(2)20-34)30(35)26-11-8-12-27(31-40(36,37)25-15-13-24(38-4)14-16-25)29(26)39-28(21)19-32(3)18-23-9-6-5-7-10-23/h5-16,21-22,28,31,34H,17-20H2,1-4H3/t21-,22+,28-/m0/s1. The Kier molecular flexibility index (Phi) is 9.34. The third-order valence-corrected chi connectivity index (χ3v) is 8.47. The van der Waals surface area contributed by atoms with E-state index < -0.39 is 16.1 Å². The lowest BCUT2D eigenvalue weighted by Gasteiger charge is -2.38. The third-order valence-electron chi connectivity index (χ3n) is 7.09. The Morgan fingerprint density at radius 2 is 1.80 bits per heavy atom. The predicted octanol–water partition coefficient (Wildman–Crippen LogP) is 3.85. The summed E-state index contributed by atoms with van der Waals surface area (Å²) in [5.74, 6) is 0.261. The Hall–Kier alpha value is -3.60. The van der Waals surface area contributed by atoms with Crippen LogP contribution in [0.5, 0.6) is 11.5 Å². The summed E-state index contributed by atoms with van der Waals surface area (Å²) < 4.78 is 41.0. The van der Waals surface area contributed by atoms with Gasteiger partial charge in [0, 0.05) is 25.6 Å². The van der Waals surface area contributed by atoms with Crippen molar-refractivity contribution in [3.05, 3.63) is 83.9 Å². The highest BCUT2D eigenvalue weighted by Gasteiger charge is 2.35. The number of fused-ring (bicyclic) bond motifs is 1. The molecule has 1 amide bonds. The highest BCUT2D eigenvalue weighted by atomic mass is 32.2. The van der Waals surface area contributed by atoms with Gasteiger partial charge < -0.3 is 19.5 Å². The van der Waals surface area contributed by atoms with Crippen LogP contribution in [0.15, 0.2) is 77.7 Å². The van der Waals surface area contributed by atoms with Crippen molar-refractivity contribution in [1.29, 1.82) is 0 Å². The number of benzene rings is 3. The summed E-state index contributed by atoms with van der Waals surface area (Å²) in [6.07, 6.45) is -0.374. The van der Waals surface area contributed by atoms with Crippen molar-refractivity contribution < 1.29 is 27.8 Å². The molecule has 214 valence electrons. The number of rotatable bonds is 10. The summed E-state index contributed by atoms with van der Waals surface area (Å²) in [6.45, 7) is 5.20. The van der Waals surface area contributed by atoms with Gasteiger partial charge in [-0.15, -0.1) is 0 Å². The average molecular weight is 568 g/mol. The van der Waals surface area contributed by atoms with Crippen molar-refractivity contribution in [2.75, 3.05) is 38.6 Å². The Balaban J connectivity index is 1.70. The van der Waals surface area contributed by atoms with Gasteiger partial charge in [-0.2, -0.15) is 0 Å². The molecule has 4 rings (SSSR count). The average Bonchev–Trinajstić information content (AvgIpc) is 2.95. The van der Waals surface area contributed by atoms with E-state index in [-0.39, 0.29) is 46.4 Å². The summed E-state index contributed by atoms with van der Waals surface area (Å²) >= 11 is 0. The van der Waals surface area contributed by atoms with E-state index in [9.17, 15) is 18.3 Å². The summed E-state index contributed by atoms with van der Waals surface area (Å²) in [5.41, 5.74) is 1.56. The fourth-order valence-electron chi connectivity index (χ4n) is 4.77. The lowest BCUT2D eigenvalue weighted by Crippen LogP contribution is -2.49. The highest BCUT2D eigenvalue weighted by Crippen LogP contribution is 2.36. The topological polar surface area (TPSA) is 108 Å². The number of aliphatic hydroxyl groups excluding tert-OH is 1. The van der Waals surface area contributed by atoms with Gasteiger partial charge in [-0.1, -0.05) is 43.3 Å². The van der Waals surface area contributed by atoms with Gasteiger partial charge in [0.05, 0.1) is 35.9 Å². The molecule has 9 nitrogen and oxygen atoms in total. The molecule has 40 heavy (non-hydrogen) atoms. The molecule has 3 atom stereocenters. The number of nitrogens with one attached hydrogen (secondary N) is 1. The Labute approximate surface area is 236 Å². The van der Waals surface area contributed by atoms with Crippen LogP contribution in [0, 0.1) is 5.92 Å². The molecule has 10 heteroatoms. The number of likely N-dealkylation sites (N-methyl/N-ethyl adjacent to an activating group) is 1. The number of anilines is 1. The number of methoxy groups -OCH3 is 1. The molecule has 3 aromatic rings. The smallest absolute Gasteiger partial charge is 0.262 e. The first-order valence-electron chi connectivity index (χ1n) is 13.2. The summed E-state index contributed by atoms with van der Waals surface area (Å²) in [6, 6.07) is 20.5. The van der Waals surface area contributed by atoms with E-state index in [0.29, 0.717) is 25.4 Å². The van der Waals surface area contributed by atoms with Crippen molar-refractivity contribution in [1.82, 2.24) is 9.80 Å². The van der Waals surface area contributed by atoms with Crippen LogP contribution in [0.1, 0.15) is 29.8 Å². The molecule has 1 heterocycles.